The highest BCUT2D eigenvalue weighted by Gasteiger charge is 2.16. The van der Waals surface area contributed by atoms with Gasteiger partial charge >= 0.3 is 0 Å². The molecule has 7 heteroatoms. The molecule has 1 amide bonds. The van der Waals surface area contributed by atoms with E-state index in [0.29, 0.717) is 22.2 Å². The summed E-state index contributed by atoms with van der Waals surface area (Å²) in [7, 11) is 0. The van der Waals surface area contributed by atoms with E-state index >= 15 is 0 Å². The highest BCUT2D eigenvalue weighted by molar-refractivity contribution is 7.98. The minimum atomic E-state index is -0.229. The van der Waals surface area contributed by atoms with Gasteiger partial charge in [-0.2, -0.15) is 0 Å². The molecule has 0 bridgehead atoms. The second kappa shape index (κ2) is 7.48. The van der Waals surface area contributed by atoms with Crippen molar-refractivity contribution in [3.05, 3.63) is 64.8 Å². The van der Waals surface area contributed by atoms with Crippen molar-refractivity contribution in [3.63, 3.8) is 0 Å². The molecular weight excluding hydrogens is 336 g/mol. The topological polar surface area (TPSA) is 80.9 Å². The van der Waals surface area contributed by atoms with Crippen LogP contribution in [0.3, 0.4) is 0 Å². The Balaban J connectivity index is 1.77. The number of carbonyl (C=O) groups excluding carboxylic acids is 1. The summed E-state index contributed by atoms with van der Waals surface area (Å²) >= 11 is 1.48. The highest BCUT2D eigenvalue weighted by atomic mass is 32.2. The van der Waals surface area contributed by atoms with E-state index in [9.17, 15) is 4.79 Å². The lowest BCUT2D eigenvalue weighted by molar-refractivity contribution is 0.102. The Hall–Kier alpha value is -2.67. The van der Waals surface area contributed by atoms with Gasteiger partial charge < -0.3 is 9.84 Å². The summed E-state index contributed by atoms with van der Waals surface area (Å²) < 4.78 is 5.18. The van der Waals surface area contributed by atoms with Crippen molar-refractivity contribution in [3.8, 4) is 0 Å². The van der Waals surface area contributed by atoms with Crippen LogP contribution in [0.15, 0.2) is 46.1 Å². The molecule has 0 radical (unpaired) electrons. The number of thioether (sulfide) groups is 1. The van der Waals surface area contributed by atoms with E-state index in [1.165, 1.54) is 11.8 Å². The number of nitrogens with zero attached hydrogens (tertiary/aromatic N) is 3. The second-order valence-corrected chi connectivity index (χ2v) is 6.53. The fourth-order valence-corrected chi connectivity index (χ4v) is 3.47. The lowest BCUT2D eigenvalue weighted by atomic mass is 10.2. The van der Waals surface area contributed by atoms with Crippen molar-refractivity contribution in [2.45, 2.75) is 31.6 Å². The largest absolute Gasteiger partial charge is 0.361 e. The van der Waals surface area contributed by atoms with Crippen LogP contribution < -0.4 is 5.32 Å². The van der Waals surface area contributed by atoms with Crippen LogP contribution in [0.4, 0.5) is 5.82 Å². The Labute approximate surface area is 150 Å². The number of hydrogen-bond donors (Lipinski definition) is 1. The van der Waals surface area contributed by atoms with Gasteiger partial charge in [-0.05, 0) is 45.0 Å². The molecule has 3 rings (SSSR count). The Bertz CT molecular complexity index is 888. The molecule has 0 aliphatic carbocycles. The molecule has 3 aromatic rings. The van der Waals surface area contributed by atoms with Crippen molar-refractivity contribution in [2.75, 3.05) is 5.32 Å². The first kappa shape index (κ1) is 17.2. The maximum atomic E-state index is 12.6. The quantitative estimate of drug-likeness (QED) is 0.699. The predicted octanol–water partition coefficient (Wildman–Crippen LogP) is 3.93. The Morgan fingerprint density at radius 1 is 1.20 bits per heavy atom. The number of hydrogen-bond acceptors (Lipinski definition) is 6. The fourth-order valence-electron chi connectivity index (χ4n) is 2.32. The van der Waals surface area contributed by atoms with Crippen LogP contribution in [0.5, 0.6) is 0 Å². The van der Waals surface area contributed by atoms with Crippen LogP contribution in [0.25, 0.3) is 0 Å². The van der Waals surface area contributed by atoms with Crippen LogP contribution in [-0.4, -0.2) is 21.0 Å². The van der Waals surface area contributed by atoms with E-state index < -0.39 is 0 Å². The van der Waals surface area contributed by atoms with Gasteiger partial charge in [-0.25, -0.2) is 9.97 Å². The van der Waals surface area contributed by atoms with Crippen LogP contribution in [-0.2, 0) is 5.75 Å². The molecule has 3 heterocycles. The van der Waals surface area contributed by atoms with Crippen LogP contribution in [0.1, 0.15) is 33.1 Å². The zero-order chi connectivity index (χ0) is 17.8. The number of carbonyl (C=O) groups is 1. The number of aryl methyl sites for hydroxylation is 3. The molecule has 0 aromatic carbocycles. The number of anilines is 1. The molecule has 0 aliphatic rings. The highest BCUT2D eigenvalue weighted by Crippen LogP contribution is 2.27. The van der Waals surface area contributed by atoms with Crippen LogP contribution in [0.2, 0.25) is 0 Å². The van der Waals surface area contributed by atoms with Crippen LogP contribution >= 0.6 is 11.8 Å². The van der Waals surface area contributed by atoms with Gasteiger partial charge in [-0.3, -0.25) is 4.79 Å². The summed E-state index contributed by atoms with van der Waals surface area (Å²) in [5.41, 5.74) is 3.25. The summed E-state index contributed by atoms with van der Waals surface area (Å²) in [6.07, 6.45) is 1.68. The van der Waals surface area contributed by atoms with Crippen molar-refractivity contribution in [1.82, 2.24) is 15.1 Å². The Kier molecular flexibility index (Phi) is 5.14. The van der Waals surface area contributed by atoms with Crippen molar-refractivity contribution >= 4 is 23.5 Å². The first-order valence-corrected chi connectivity index (χ1v) is 8.77. The van der Waals surface area contributed by atoms with E-state index in [-0.39, 0.29) is 5.91 Å². The van der Waals surface area contributed by atoms with Crippen molar-refractivity contribution in [2.24, 2.45) is 0 Å². The molecule has 0 atom stereocenters. The molecule has 0 saturated heterocycles. The zero-order valence-corrected chi connectivity index (χ0v) is 15.1. The number of amides is 1. The minimum absolute atomic E-state index is 0.229. The second-order valence-electron chi connectivity index (χ2n) is 5.57. The van der Waals surface area contributed by atoms with Gasteiger partial charge in [0.15, 0.2) is 0 Å². The van der Waals surface area contributed by atoms with Gasteiger partial charge in [-0.1, -0.05) is 11.2 Å². The first-order valence-electron chi connectivity index (χ1n) is 7.79. The molecule has 0 fully saturated rings. The maximum absolute atomic E-state index is 12.6. The fraction of sp³-hybridized carbons (Fsp3) is 0.222. The molecule has 3 aromatic heterocycles. The summed E-state index contributed by atoms with van der Waals surface area (Å²) in [4.78, 5) is 21.3. The van der Waals surface area contributed by atoms with E-state index in [1.54, 1.807) is 24.4 Å². The maximum Gasteiger partial charge on any atom is 0.259 e. The third-order valence-corrected chi connectivity index (χ3v) is 4.71. The third-order valence-electron chi connectivity index (χ3n) is 3.68. The standard InChI is InChI=1S/C18H18N4O2S/c1-11-6-4-8-16(20-11)21-17(23)14-7-5-9-19-18(14)25-10-15-12(2)22-24-13(15)3/h4-9H,10H2,1-3H3,(H,20,21,23). The van der Waals surface area contributed by atoms with Gasteiger partial charge in [0.05, 0.1) is 11.3 Å². The van der Waals surface area contributed by atoms with Gasteiger partial charge in [0.25, 0.3) is 5.91 Å². The molecule has 0 spiro atoms. The average Bonchev–Trinajstić information content (AvgIpc) is 2.91. The third kappa shape index (κ3) is 4.06. The molecule has 128 valence electrons. The molecule has 6 nitrogen and oxygen atoms in total. The van der Waals surface area contributed by atoms with E-state index in [2.05, 4.69) is 20.4 Å². The first-order chi connectivity index (χ1) is 12.0. The summed E-state index contributed by atoms with van der Waals surface area (Å²) in [5.74, 6) is 1.72. The SMILES string of the molecule is Cc1cccc(NC(=O)c2cccnc2SCc2c(C)noc2C)n1. The Morgan fingerprint density at radius 2 is 2.04 bits per heavy atom. The summed E-state index contributed by atoms with van der Waals surface area (Å²) in [5, 5.41) is 7.43. The van der Waals surface area contributed by atoms with E-state index in [4.69, 9.17) is 4.52 Å². The number of pyridine rings is 2. The van der Waals surface area contributed by atoms with Gasteiger partial charge in [0.1, 0.15) is 16.6 Å². The minimum Gasteiger partial charge on any atom is -0.361 e. The lowest BCUT2D eigenvalue weighted by Gasteiger charge is -2.09. The molecule has 1 N–H and O–H groups in total. The summed E-state index contributed by atoms with van der Waals surface area (Å²) in [6, 6.07) is 9.00. The molecular formula is C18H18N4O2S. The number of aromatic nitrogens is 3. The normalized spacial score (nSPS) is 10.7. The van der Waals surface area contributed by atoms with E-state index in [0.717, 1.165) is 22.7 Å². The van der Waals surface area contributed by atoms with Crippen LogP contribution in [0, 0.1) is 20.8 Å². The van der Waals surface area contributed by atoms with Gasteiger partial charge in [-0.15, -0.1) is 11.8 Å². The molecule has 0 aliphatic heterocycles. The van der Waals surface area contributed by atoms with E-state index in [1.807, 2.05) is 32.9 Å². The van der Waals surface area contributed by atoms with Gasteiger partial charge in [0, 0.05) is 23.2 Å². The zero-order valence-electron chi connectivity index (χ0n) is 14.2. The number of nitrogens with one attached hydrogen (secondary N) is 1. The molecule has 0 unspecified atom stereocenters. The Morgan fingerprint density at radius 3 is 2.76 bits per heavy atom. The lowest BCUT2D eigenvalue weighted by Crippen LogP contribution is -2.14. The average molecular weight is 354 g/mol. The van der Waals surface area contributed by atoms with Crippen molar-refractivity contribution in [1.29, 1.82) is 0 Å². The predicted molar refractivity (Wildman–Crippen MR) is 96.7 cm³/mol. The monoisotopic (exact) mass is 354 g/mol. The molecule has 0 saturated carbocycles. The smallest absolute Gasteiger partial charge is 0.259 e. The number of rotatable bonds is 5. The van der Waals surface area contributed by atoms with Crippen molar-refractivity contribution < 1.29 is 9.32 Å². The summed E-state index contributed by atoms with van der Waals surface area (Å²) in [6.45, 7) is 5.66. The van der Waals surface area contributed by atoms with Gasteiger partial charge in [0.2, 0.25) is 0 Å². The molecule has 25 heavy (non-hydrogen) atoms.